The molecular formula is C14H19N3O2S. The highest BCUT2D eigenvalue weighted by atomic mass is 32.1. The van der Waals surface area contributed by atoms with Gasteiger partial charge >= 0.3 is 0 Å². The van der Waals surface area contributed by atoms with Crippen LogP contribution in [0.2, 0.25) is 0 Å². The van der Waals surface area contributed by atoms with Gasteiger partial charge in [-0.1, -0.05) is 24.4 Å². The zero-order chi connectivity index (χ0) is 14.5. The van der Waals surface area contributed by atoms with Crippen LogP contribution in [0.4, 0.5) is 0 Å². The van der Waals surface area contributed by atoms with Gasteiger partial charge in [0.25, 0.3) is 5.91 Å². The van der Waals surface area contributed by atoms with E-state index >= 15 is 0 Å². The lowest BCUT2D eigenvalue weighted by Gasteiger charge is -2.34. The number of carbonyl (C=O) groups is 1. The van der Waals surface area contributed by atoms with Crippen molar-refractivity contribution in [1.29, 1.82) is 0 Å². The largest absolute Gasteiger partial charge is 0.395 e. The molecule has 1 saturated heterocycles. The maximum atomic E-state index is 12.4. The van der Waals surface area contributed by atoms with Crippen LogP contribution in [-0.4, -0.2) is 65.1 Å². The zero-order valence-electron chi connectivity index (χ0n) is 11.3. The predicted molar refractivity (Wildman–Crippen MR) is 81.8 cm³/mol. The number of aliphatic hydroxyl groups is 1. The molecule has 1 amide bonds. The van der Waals surface area contributed by atoms with Crippen LogP contribution in [0.5, 0.6) is 0 Å². The maximum Gasteiger partial charge on any atom is 0.253 e. The maximum absolute atomic E-state index is 12.4. The number of piperazine rings is 1. The van der Waals surface area contributed by atoms with Gasteiger partial charge in [-0.25, -0.2) is 0 Å². The molecule has 20 heavy (non-hydrogen) atoms. The molecule has 1 aromatic carbocycles. The van der Waals surface area contributed by atoms with Crippen molar-refractivity contribution in [3.05, 3.63) is 35.4 Å². The third kappa shape index (κ3) is 3.53. The van der Waals surface area contributed by atoms with Crippen molar-refractivity contribution in [1.82, 2.24) is 9.80 Å². The Kier molecular flexibility index (Phi) is 5.05. The molecule has 0 saturated carbocycles. The van der Waals surface area contributed by atoms with E-state index in [4.69, 9.17) is 23.1 Å². The fourth-order valence-corrected chi connectivity index (χ4v) is 2.43. The summed E-state index contributed by atoms with van der Waals surface area (Å²) in [5, 5.41) is 8.91. The lowest BCUT2D eigenvalue weighted by molar-refractivity contribution is 0.0615. The second-order valence-electron chi connectivity index (χ2n) is 4.80. The molecule has 0 aliphatic carbocycles. The van der Waals surface area contributed by atoms with Gasteiger partial charge < -0.3 is 15.7 Å². The summed E-state index contributed by atoms with van der Waals surface area (Å²) in [7, 11) is 0. The minimum absolute atomic E-state index is 0.00625. The Hall–Kier alpha value is -1.50. The fraction of sp³-hybridized carbons (Fsp3) is 0.429. The Labute approximate surface area is 124 Å². The molecule has 1 aromatic rings. The summed E-state index contributed by atoms with van der Waals surface area (Å²) in [6.45, 7) is 3.76. The topological polar surface area (TPSA) is 69.8 Å². The van der Waals surface area contributed by atoms with E-state index < -0.39 is 0 Å². The van der Waals surface area contributed by atoms with Crippen LogP contribution in [0.3, 0.4) is 0 Å². The van der Waals surface area contributed by atoms with Crippen LogP contribution in [0.1, 0.15) is 15.9 Å². The molecule has 0 unspecified atom stereocenters. The summed E-state index contributed by atoms with van der Waals surface area (Å²) >= 11 is 4.93. The van der Waals surface area contributed by atoms with E-state index in [1.165, 1.54) is 0 Å². The normalized spacial score (nSPS) is 16.1. The van der Waals surface area contributed by atoms with E-state index in [9.17, 15) is 4.79 Å². The smallest absolute Gasteiger partial charge is 0.253 e. The SMILES string of the molecule is NC(=S)c1cccc(C(=O)N2CCN(CCO)CC2)c1. The quantitative estimate of drug-likeness (QED) is 0.769. The Morgan fingerprint density at radius 1 is 1.25 bits per heavy atom. The molecule has 2 rings (SSSR count). The Bertz CT molecular complexity index is 499. The standard InChI is InChI=1S/C14H19N3O2S/c15-13(20)11-2-1-3-12(10-11)14(19)17-6-4-16(5-7-17)8-9-18/h1-3,10,18H,4-9H2,(H2,15,20). The first-order valence-corrected chi connectivity index (χ1v) is 7.05. The molecule has 0 aromatic heterocycles. The fourth-order valence-electron chi connectivity index (χ4n) is 2.30. The number of nitrogens with two attached hydrogens (primary N) is 1. The van der Waals surface area contributed by atoms with Gasteiger partial charge in [-0.2, -0.15) is 0 Å². The molecule has 108 valence electrons. The molecule has 1 fully saturated rings. The number of amides is 1. The summed E-state index contributed by atoms with van der Waals surface area (Å²) in [5.74, 6) is 0.00625. The number of nitrogens with zero attached hydrogens (tertiary/aromatic N) is 2. The number of hydrogen-bond donors (Lipinski definition) is 2. The van der Waals surface area contributed by atoms with E-state index in [1.807, 2.05) is 4.90 Å². The van der Waals surface area contributed by atoms with Crippen molar-refractivity contribution in [2.24, 2.45) is 5.73 Å². The van der Waals surface area contributed by atoms with Crippen LogP contribution in [-0.2, 0) is 0 Å². The van der Waals surface area contributed by atoms with Gasteiger partial charge in [0, 0.05) is 43.9 Å². The molecule has 0 radical (unpaired) electrons. The van der Waals surface area contributed by atoms with Gasteiger partial charge in [0.05, 0.1) is 6.61 Å². The van der Waals surface area contributed by atoms with Gasteiger partial charge in [0.15, 0.2) is 0 Å². The highest BCUT2D eigenvalue weighted by Crippen LogP contribution is 2.11. The number of hydrogen-bond acceptors (Lipinski definition) is 4. The molecule has 5 nitrogen and oxygen atoms in total. The number of rotatable bonds is 4. The lowest BCUT2D eigenvalue weighted by Crippen LogP contribution is -2.49. The molecular weight excluding hydrogens is 274 g/mol. The van der Waals surface area contributed by atoms with E-state index in [-0.39, 0.29) is 12.5 Å². The third-order valence-corrected chi connectivity index (χ3v) is 3.71. The second-order valence-corrected chi connectivity index (χ2v) is 5.24. The average molecular weight is 293 g/mol. The second kappa shape index (κ2) is 6.78. The highest BCUT2D eigenvalue weighted by molar-refractivity contribution is 7.80. The molecule has 0 spiro atoms. The molecule has 1 aliphatic heterocycles. The van der Waals surface area contributed by atoms with Gasteiger partial charge in [-0.05, 0) is 12.1 Å². The minimum atomic E-state index is 0.00625. The minimum Gasteiger partial charge on any atom is -0.395 e. The van der Waals surface area contributed by atoms with Crippen LogP contribution in [0.25, 0.3) is 0 Å². The lowest BCUT2D eigenvalue weighted by atomic mass is 10.1. The summed E-state index contributed by atoms with van der Waals surface area (Å²) in [6, 6.07) is 7.12. The predicted octanol–water partition coefficient (Wildman–Crippen LogP) is 0.0709. The van der Waals surface area contributed by atoms with E-state index in [0.29, 0.717) is 35.7 Å². The summed E-state index contributed by atoms with van der Waals surface area (Å²) < 4.78 is 0. The zero-order valence-corrected chi connectivity index (χ0v) is 12.1. The van der Waals surface area contributed by atoms with Crippen molar-refractivity contribution in [2.45, 2.75) is 0 Å². The van der Waals surface area contributed by atoms with Gasteiger partial charge in [0.1, 0.15) is 4.99 Å². The first kappa shape index (κ1) is 14.9. The molecule has 0 atom stereocenters. The van der Waals surface area contributed by atoms with Crippen LogP contribution in [0, 0.1) is 0 Å². The first-order chi connectivity index (χ1) is 9.61. The van der Waals surface area contributed by atoms with Gasteiger partial charge in [-0.3, -0.25) is 9.69 Å². The van der Waals surface area contributed by atoms with Crippen molar-refractivity contribution >= 4 is 23.1 Å². The summed E-state index contributed by atoms with van der Waals surface area (Å²) in [4.78, 5) is 16.7. The molecule has 1 aliphatic rings. The Morgan fingerprint density at radius 2 is 1.90 bits per heavy atom. The number of β-amino-alcohol motifs (C(OH)–C–C–N with tert-alkyl or cyclic N) is 1. The number of carbonyl (C=O) groups excluding carboxylic acids is 1. The highest BCUT2D eigenvalue weighted by Gasteiger charge is 2.21. The van der Waals surface area contributed by atoms with Crippen LogP contribution < -0.4 is 5.73 Å². The number of benzene rings is 1. The molecule has 0 bridgehead atoms. The van der Waals surface area contributed by atoms with Crippen molar-refractivity contribution in [2.75, 3.05) is 39.3 Å². The molecule has 1 heterocycles. The van der Waals surface area contributed by atoms with Crippen molar-refractivity contribution < 1.29 is 9.90 Å². The summed E-state index contributed by atoms with van der Waals surface area (Å²) in [5.41, 5.74) is 6.92. The molecule has 3 N–H and O–H groups in total. The van der Waals surface area contributed by atoms with E-state index in [2.05, 4.69) is 4.90 Å². The first-order valence-electron chi connectivity index (χ1n) is 6.64. The molecule has 6 heteroatoms. The van der Waals surface area contributed by atoms with Crippen LogP contribution in [0.15, 0.2) is 24.3 Å². The number of aliphatic hydroxyl groups excluding tert-OH is 1. The Morgan fingerprint density at radius 3 is 2.50 bits per heavy atom. The van der Waals surface area contributed by atoms with Crippen molar-refractivity contribution in [3.63, 3.8) is 0 Å². The third-order valence-electron chi connectivity index (χ3n) is 3.47. The summed E-state index contributed by atoms with van der Waals surface area (Å²) in [6.07, 6.45) is 0. The monoisotopic (exact) mass is 293 g/mol. The number of thiocarbonyl (C=S) groups is 1. The Balaban J connectivity index is 2.02. The van der Waals surface area contributed by atoms with Crippen LogP contribution >= 0.6 is 12.2 Å². The van der Waals surface area contributed by atoms with Gasteiger partial charge in [-0.15, -0.1) is 0 Å². The van der Waals surface area contributed by atoms with E-state index in [1.54, 1.807) is 24.3 Å². The van der Waals surface area contributed by atoms with E-state index in [0.717, 1.165) is 13.1 Å². The average Bonchev–Trinajstić information content (AvgIpc) is 2.48. The van der Waals surface area contributed by atoms with Crippen molar-refractivity contribution in [3.8, 4) is 0 Å². The van der Waals surface area contributed by atoms with Gasteiger partial charge in [0.2, 0.25) is 0 Å².